The summed E-state index contributed by atoms with van der Waals surface area (Å²) in [6.07, 6.45) is -0.613. The zero-order valence-corrected chi connectivity index (χ0v) is 13.7. The van der Waals surface area contributed by atoms with Crippen molar-refractivity contribution in [3.05, 3.63) is 66.7 Å². The van der Waals surface area contributed by atoms with Crippen LogP contribution in [-0.2, 0) is 4.79 Å². The molecule has 0 saturated heterocycles. The Labute approximate surface area is 141 Å². The van der Waals surface area contributed by atoms with Crippen LogP contribution in [0.25, 0.3) is 10.8 Å². The minimum Gasteiger partial charge on any atom is -0.497 e. The van der Waals surface area contributed by atoms with E-state index in [9.17, 15) is 4.79 Å². The molecule has 0 unspecified atom stereocenters. The average molecular weight is 321 g/mol. The van der Waals surface area contributed by atoms with E-state index < -0.39 is 6.10 Å². The minimum absolute atomic E-state index is 0.201. The van der Waals surface area contributed by atoms with Crippen LogP contribution in [0.1, 0.15) is 6.92 Å². The van der Waals surface area contributed by atoms with E-state index in [1.165, 1.54) is 0 Å². The first kappa shape index (κ1) is 15.9. The summed E-state index contributed by atoms with van der Waals surface area (Å²) in [6, 6.07) is 20.9. The molecule has 1 atom stereocenters. The van der Waals surface area contributed by atoms with Crippen molar-refractivity contribution in [2.45, 2.75) is 13.0 Å². The first-order valence-corrected chi connectivity index (χ1v) is 7.77. The molecule has 4 heteroatoms. The van der Waals surface area contributed by atoms with Crippen molar-refractivity contribution < 1.29 is 14.3 Å². The fourth-order valence-corrected chi connectivity index (χ4v) is 2.46. The quantitative estimate of drug-likeness (QED) is 0.764. The topological polar surface area (TPSA) is 47.6 Å². The Morgan fingerprint density at radius 2 is 1.67 bits per heavy atom. The molecule has 0 aliphatic rings. The number of fused-ring (bicyclic) bond motifs is 1. The smallest absolute Gasteiger partial charge is 0.265 e. The van der Waals surface area contributed by atoms with E-state index in [0.29, 0.717) is 11.4 Å². The monoisotopic (exact) mass is 321 g/mol. The highest BCUT2D eigenvalue weighted by Crippen LogP contribution is 2.26. The van der Waals surface area contributed by atoms with Crippen molar-refractivity contribution in [3.8, 4) is 11.5 Å². The predicted molar refractivity (Wildman–Crippen MR) is 95.7 cm³/mol. The van der Waals surface area contributed by atoms with Crippen LogP contribution >= 0.6 is 0 Å². The molecule has 3 aromatic rings. The van der Waals surface area contributed by atoms with Crippen molar-refractivity contribution in [2.75, 3.05) is 12.4 Å². The second-order valence-electron chi connectivity index (χ2n) is 5.46. The predicted octanol–water partition coefficient (Wildman–Crippen LogP) is 4.25. The zero-order valence-electron chi connectivity index (χ0n) is 13.7. The van der Waals surface area contributed by atoms with E-state index in [2.05, 4.69) is 5.32 Å². The number of ether oxygens (including phenoxy) is 2. The van der Waals surface area contributed by atoms with Crippen LogP contribution in [0.3, 0.4) is 0 Å². The first-order valence-electron chi connectivity index (χ1n) is 7.77. The number of benzene rings is 3. The molecule has 0 spiro atoms. The number of hydrogen-bond acceptors (Lipinski definition) is 3. The number of rotatable bonds is 5. The molecular weight excluding hydrogens is 302 g/mol. The van der Waals surface area contributed by atoms with Gasteiger partial charge in [0, 0.05) is 11.1 Å². The molecule has 0 bridgehead atoms. The van der Waals surface area contributed by atoms with Crippen molar-refractivity contribution in [1.82, 2.24) is 0 Å². The van der Waals surface area contributed by atoms with Crippen molar-refractivity contribution in [3.63, 3.8) is 0 Å². The van der Waals surface area contributed by atoms with E-state index >= 15 is 0 Å². The van der Waals surface area contributed by atoms with Crippen LogP contribution in [0.2, 0.25) is 0 Å². The fraction of sp³-hybridized carbons (Fsp3) is 0.150. The molecule has 0 heterocycles. The normalized spacial score (nSPS) is 11.8. The number of anilines is 1. The van der Waals surface area contributed by atoms with Gasteiger partial charge in [-0.25, -0.2) is 0 Å². The highest BCUT2D eigenvalue weighted by Gasteiger charge is 2.16. The van der Waals surface area contributed by atoms with Crippen LogP contribution in [-0.4, -0.2) is 19.1 Å². The van der Waals surface area contributed by atoms with Crippen LogP contribution in [0.4, 0.5) is 5.69 Å². The van der Waals surface area contributed by atoms with Gasteiger partial charge in [-0.15, -0.1) is 0 Å². The number of carbonyl (C=O) groups excluding carboxylic acids is 1. The number of methoxy groups -OCH3 is 1. The lowest BCUT2D eigenvalue weighted by atomic mass is 10.1. The Bertz CT molecular complexity index is 838. The first-order chi connectivity index (χ1) is 11.7. The van der Waals surface area contributed by atoms with Gasteiger partial charge in [0.1, 0.15) is 11.5 Å². The van der Waals surface area contributed by atoms with Crippen LogP contribution in [0.5, 0.6) is 11.5 Å². The molecule has 3 rings (SSSR count). The highest BCUT2D eigenvalue weighted by atomic mass is 16.5. The largest absolute Gasteiger partial charge is 0.497 e. The van der Waals surface area contributed by atoms with Crippen molar-refractivity contribution in [1.29, 1.82) is 0 Å². The Hall–Kier alpha value is -3.01. The number of carbonyl (C=O) groups is 1. The van der Waals surface area contributed by atoms with Gasteiger partial charge in [-0.2, -0.15) is 0 Å². The van der Waals surface area contributed by atoms with Gasteiger partial charge in [-0.05, 0) is 42.6 Å². The minimum atomic E-state index is -0.613. The van der Waals surface area contributed by atoms with Gasteiger partial charge in [0.15, 0.2) is 6.10 Å². The maximum absolute atomic E-state index is 12.3. The van der Waals surface area contributed by atoms with E-state index in [-0.39, 0.29) is 5.91 Å². The summed E-state index contributed by atoms with van der Waals surface area (Å²) in [7, 11) is 1.60. The molecule has 0 aliphatic heterocycles. The Morgan fingerprint density at radius 1 is 0.958 bits per heavy atom. The number of amides is 1. The maximum Gasteiger partial charge on any atom is 0.265 e. The number of nitrogens with one attached hydrogen (secondary N) is 1. The van der Waals surface area contributed by atoms with E-state index in [0.717, 1.165) is 16.5 Å². The number of hydrogen-bond donors (Lipinski definition) is 1. The van der Waals surface area contributed by atoms with Gasteiger partial charge in [0.25, 0.3) is 5.91 Å². The third kappa shape index (κ3) is 3.49. The fourth-order valence-electron chi connectivity index (χ4n) is 2.46. The second kappa shape index (κ2) is 7.04. The van der Waals surface area contributed by atoms with Crippen LogP contribution in [0.15, 0.2) is 66.7 Å². The van der Waals surface area contributed by atoms with Crippen LogP contribution in [0, 0.1) is 0 Å². The van der Waals surface area contributed by atoms with Gasteiger partial charge >= 0.3 is 0 Å². The Kier molecular flexibility index (Phi) is 4.66. The lowest BCUT2D eigenvalue weighted by molar-refractivity contribution is -0.122. The Balaban J connectivity index is 1.71. The standard InChI is InChI=1S/C20H19NO3/c1-14(20(22)21-16-10-12-17(23-2)13-11-16)24-19-9-5-7-15-6-3-4-8-18(15)19/h3-14H,1-2H3,(H,21,22)/t14-/m0/s1. The lowest BCUT2D eigenvalue weighted by Gasteiger charge is -2.16. The molecule has 0 aliphatic carbocycles. The Morgan fingerprint density at radius 3 is 2.42 bits per heavy atom. The van der Waals surface area contributed by atoms with Gasteiger partial charge in [-0.1, -0.05) is 36.4 Å². The molecule has 122 valence electrons. The molecule has 0 aromatic heterocycles. The zero-order chi connectivity index (χ0) is 16.9. The third-order valence-corrected chi connectivity index (χ3v) is 3.78. The molecule has 0 saturated carbocycles. The summed E-state index contributed by atoms with van der Waals surface area (Å²) >= 11 is 0. The van der Waals surface area contributed by atoms with Gasteiger partial charge < -0.3 is 14.8 Å². The third-order valence-electron chi connectivity index (χ3n) is 3.78. The van der Waals surface area contributed by atoms with Gasteiger partial charge in [0.05, 0.1) is 7.11 Å². The molecule has 0 radical (unpaired) electrons. The van der Waals surface area contributed by atoms with Crippen LogP contribution < -0.4 is 14.8 Å². The maximum atomic E-state index is 12.3. The van der Waals surface area contributed by atoms with Gasteiger partial charge in [-0.3, -0.25) is 4.79 Å². The molecule has 0 fully saturated rings. The summed E-state index contributed by atoms with van der Waals surface area (Å²) < 4.78 is 11.0. The molecule has 4 nitrogen and oxygen atoms in total. The highest BCUT2D eigenvalue weighted by molar-refractivity contribution is 5.95. The summed E-state index contributed by atoms with van der Waals surface area (Å²) in [5.74, 6) is 1.24. The summed E-state index contributed by atoms with van der Waals surface area (Å²) in [5.41, 5.74) is 0.703. The second-order valence-corrected chi connectivity index (χ2v) is 5.46. The van der Waals surface area contributed by atoms with E-state index in [1.807, 2.05) is 42.5 Å². The lowest BCUT2D eigenvalue weighted by Crippen LogP contribution is -2.30. The SMILES string of the molecule is COc1ccc(NC(=O)[C@H](C)Oc2cccc3ccccc23)cc1. The molecule has 1 amide bonds. The van der Waals surface area contributed by atoms with E-state index in [1.54, 1.807) is 38.3 Å². The summed E-state index contributed by atoms with van der Waals surface area (Å²) in [4.78, 5) is 12.3. The molecule has 24 heavy (non-hydrogen) atoms. The van der Waals surface area contributed by atoms with E-state index in [4.69, 9.17) is 9.47 Å². The summed E-state index contributed by atoms with van der Waals surface area (Å²) in [5, 5.41) is 4.91. The molecule has 3 aromatic carbocycles. The van der Waals surface area contributed by atoms with Crippen molar-refractivity contribution >= 4 is 22.4 Å². The average Bonchev–Trinajstić information content (AvgIpc) is 2.62. The van der Waals surface area contributed by atoms with Crippen molar-refractivity contribution in [2.24, 2.45) is 0 Å². The summed E-state index contributed by atoms with van der Waals surface area (Å²) in [6.45, 7) is 1.74. The van der Waals surface area contributed by atoms with Gasteiger partial charge in [0.2, 0.25) is 0 Å². The molecular formula is C20H19NO3. The molecule has 1 N–H and O–H groups in total.